The molecule has 4 nitrogen and oxygen atoms in total. The molecule has 1 amide bonds. The third-order valence-corrected chi connectivity index (χ3v) is 3.37. The van der Waals surface area contributed by atoms with Crippen LogP contribution in [0.5, 0.6) is 0 Å². The highest BCUT2D eigenvalue weighted by atomic mass is 16.2. The molecule has 4 heteroatoms. The second-order valence-electron chi connectivity index (χ2n) is 4.94. The third-order valence-electron chi connectivity index (χ3n) is 3.37. The predicted octanol–water partition coefficient (Wildman–Crippen LogP) is 1.18. The summed E-state index contributed by atoms with van der Waals surface area (Å²) in [5, 5.41) is 3.05. The number of amides is 1. The van der Waals surface area contributed by atoms with Gasteiger partial charge in [-0.25, -0.2) is 0 Å². The Morgan fingerprint density at radius 1 is 1.26 bits per heavy atom. The van der Waals surface area contributed by atoms with E-state index in [1.54, 1.807) is 4.90 Å². The lowest BCUT2D eigenvalue weighted by molar-refractivity contribution is -0.134. The second-order valence-corrected chi connectivity index (χ2v) is 4.94. The highest BCUT2D eigenvalue weighted by Gasteiger charge is 2.21. The van der Waals surface area contributed by atoms with Crippen LogP contribution >= 0.6 is 0 Å². The SMILES string of the molecule is CNCCN(C)C(=O)C(C)N(C)Cc1ccccc1. The van der Waals surface area contributed by atoms with Gasteiger partial charge >= 0.3 is 0 Å². The van der Waals surface area contributed by atoms with Crippen molar-refractivity contribution in [3.63, 3.8) is 0 Å². The fourth-order valence-electron chi connectivity index (χ4n) is 1.91. The number of benzene rings is 1. The van der Waals surface area contributed by atoms with Crippen LogP contribution in [-0.2, 0) is 11.3 Å². The molecule has 0 saturated heterocycles. The van der Waals surface area contributed by atoms with Gasteiger partial charge in [-0.2, -0.15) is 0 Å². The van der Waals surface area contributed by atoms with Crippen LogP contribution in [0.15, 0.2) is 30.3 Å². The quantitative estimate of drug-likeness (QED) is 0.802. The van der Waals surface area contributed by atoms with Gasteiger partial charge in [0.2, 0.25) is 5.91 Å². The molecule has 0 saturated carbocycles. The molecule has 0 radical (unpaired) electrons. The lowest BCUT2D eigenvalue weighted by Gasteiger charge is -2.28. The van der Waals surface area contributed by atoms with Gasteiger partial charge in [-0.3, -0.25) is 9.69 Å². The zero-order valence-corrected chi connectivity index (χ0v) is 12.4. The zero-order valence-electron chi connectivity index (χ0n) is 12.4. The minimum Gasteiger partial charge on any atom is -0.343 e. The van der Waals surface area contributed by atoms with Crippen LogP contribution in [0.25, 0.3) is 0 Å². The van der Waals surface area contributed by atoms with Crippen molar-refractivity contribution in [1.29, 1.82) is 0 Å². The summed E-state index contributed by atoms with van der Waals surface area (Å²) in [6, 6.07) is 10.1. The Labute approximate surface area is 116 Å². The zero-order chi connectivity index (χ0) is 14.3. The van der Waals surface area contributed by atoms with E-state index in [0.717, 1.165) is 19.6 Å². The number of rotatable bonds is 7. The van der Waals surface area contributed by atoms with Crippen molar-refractivity contribution in [3.8, 4) is 0 Å². The number of hydrogen-bond donors (Lipinski definition) is 1. The van der Waals surface area contributed by atoms with Crippen LogP contribution < -0.4 is 5.32 Å². The molecule has 1 atom stereocenters. The molecule has 0 bridgehead atoms. The van der Waals surface area contributed by atoms with E-state index < -0.39 is 0 Å². The monoisotopic (exact) mass is 263 g/mol. The predicted molar refractivity (Wildman–Crippen MR) is 78.9 cm³/mol. The van der Waals surface area contributed by atoms with Crippen molar-refractivity contribution in [3.05, 3.63) is 35.9 Å². The molecule has 0 heterocycles. The number of carbonyl (C=O) groups is 1. The Morgan fingerprint density at radius 2 is 1.89 bits per heavy atom. The van der Waals surface area contributed by atoms with Crippen LogP contribution in [0.2, 0.25) is 0 Å². The van der Waals surface area contributed by atoms with Crippen LogP contribution in [0, 0.1) is 0 Å². The summed E-state index contributed by atoms with van der Waals surface area (Å²) < 4.78 is 0. The molecule has 0 aliphatic heterocycles. The minimum atomic E-state index is -0.109. The molecule has 106 valence electrons. The summed E-state index contributed by atoms with van der Waals surface area (Å²) >= 11 is 0. The minimum absolute atomic E-state index is 0.109. The molecule has 1 unspecified atom stereocenters. The van der Waals surface area contributed by atoms with E-state index in [1.165, 1.54) is 5.56 Å². The topological polar surface area (TPSA) is 35.6 Å². The van der Waals surface area contributed by atoms with Crippen molar-refractivity contribution in [2.75, 3.05) is 34.2 Å². The normalized spacial score (nSPS) is 12.5. The number of likely N-dealkylation sites (N-methyl/N-ethyl adjacent to an activating group) is 3. The number of nitrogens with one attached hydrogen (secondary N) is 1. The van der Waals surface area contributed by atoms with Crippen molar-refractivity contribution < 1.29 is 4.79 Å². The molecule has 19 heavy (non-hydrogen) atoms. The van der Waals surface area contributed by atoms with E-state index in [9.17, 15) is 4.79 Å². The number of carbonyl (C=O) groups excluding carboxylic acids is 1. The molecular weight excluding hydrogens is 238 g/mol. The van der Waals surface area contributed by atoms with Gasteiger partial charge in [0, 0.05) is 26.7 Å². The van der Waals surface area contributed by atoms with E-state index >= 15 is 0 Å². The maximum atomic E-state index is 12.2. The van der Waals surface area contributed by atoms with Crippen molar-refractivity contribution in [2.24, 2.45) is 0 Å². The van der Waals surface area contributed by atoms with E-state index in [0.29, 0.717) is 0 Å². The highest BCUT2D eigenvalue weighted by Crippen LogP contribution is 2.07. The second kappa shape index (κ2) is 7.92. The molecule has 1 N–H and O–H groups in total. The van der Waals surface area contributed by atoms with Gasteiger partial charge in [0.1, 0.15) is 0 Å². The van der Waals surface area contributed by atoms with Gasteiger partial charge in [-0.1, -0.05) is 30.3 Å². The average molecular weight is 263 g/mol. The van der Waals surface area contributed by atoms with Crippen LogP contribution in [-0.4, -0.2) is 56.0 Å². The Balaban J connectivity index is 2.51. The highest BCUT2D eigenvalue weighted by molar-refractivity contribution is 5.81. The standard InChI is InChI=1S/C15H25N3O/c1-13(15(19)17(3)11-10-16-2)18(4)12-14-8-6-5-7-9-14/h5-9,13,16H,10-12H2,1-4H3. The van der Waals surface area contributed by atoms with Crippen molar-refractivity contribution >= 4 is 5.91 Å². The first-order valence-corrected chi connectivity index (χ1v) is 6.70. The van der Waals surface area contributed by atoms with Gasteiger partial charge in [0.05, 0.1) is 6.04 Å². The molecule has 0 spiro atoms. The first kappa shape index (κ1) is 15.7. The molecule has 0 aromatic heterocycles. The van der Waals surface area contributed by atoms with Gasteiger partial charge in [0.25, 0.3) is 0 Å². The summed E-state index contributed by atoms with van der Waals surface area (Å²) in [6.07, 6.45) is 0. The third kappa shape index (κ3) is 5.01. The van der Waals surface area contributed by atoms with Gasteiger partial charge in [-0.15, -0.1) is 0 Å². The summed E-state index contributed by atoms with van der Waals surface area (Å²) in [6.45, 7) is 4.30. The van der Waals surface area contributed by atoms with E-state index in [1.807, 2.05) is 46.3 Å². The van der Waals surface area contributed by atoms with Crippen LogP contribution in [0.1, 0.15) is 12.5 Å². The molecule has 1 rings (SSSR count). The molecule has 0 aliphatic rings. The average Bonchev–Trinajstić information content (AvgIpc) is 2.44. The summed E-state index contributed by atoms with van der Waals surface area (Å²) in [4.78, 5) is 16.1. The maximum absolute atomic E-state index is 12.2. The van der Waals surface area contributed by atoms with Crippen LogP contribution in [0.4, 0.5) is 0 Å². The van der Waals surface area contributed by atoms with Crippen molar-refractivity contribution in [2.45, 2.75) is 19.5 Å². The summed E-state index contributed by atoms with van der Waals surface area (Å²) in [7, 11) is 5.73. The molecule has 1 aromatic carbocycles. The Kier molecular flexibility index (Phi) is 6.53. The largest absolute Gasteiger partial charge is 0.343 e. The summed E-state index contributed by atoms with van der Waals surface area (Å²) in [5.74, 6) is 0.161. The molecule has 0 fully saturated rings. The van der Waals surface area contributed by atoms with Crippen LogP contribution in [0.3, 0.4) is 0 Å². The fourth-order valence-corrected chi connectivity index (χ4v) is 1.91. The fraction of sp³-hybridized carbons (Fsp3) is 0.533. The van der Waals surface area contributed by atoms with E-state index in [4.69, 9.17) is 0 Å². The van der Waals surface area contributed by atoms with Gasteiger partial charge in [0.15, 0.2) is 0 Å². The first-order chi connectivity index (χ1) is 9.06. The molecule has 1 aromatic rings. The first-order valence-electron chi connectivity index (χ1n) is 6.70. The number of nitrogens with zero attached hydrogens (tertiary/aromatic N) is 2. The molecule has 0 aliphatic carbocycles. The molecular formula is C15H25N3O. The Morgan fingerprint density at radius 3 is 2.47 bits per heavy atom. The van der Waals surface area contributed by atoms with Gasteiger partial charge < -0.3 is 10.2 Å². The summed E-state index contributed by atoms with van der Waals surface area (Å²) in [5.41, 5.74) is 1.22. The van der Waals surface area contributed by atoms with E-state index in [-0.39, 0.29) is 11.9 Å². The maximum Gasteiger partial charge on any atom is 0.239 e. The Bertz CT molecular complexity index is 380. The van der Waals surface area contributed by atoms with Crippen molar-refractivity contribution in [1.82, 2.24) is 15.1 Å². The van der Waals surface area contributed by atoms with E-state index in [2.05, 4.69) is 22.3 Å². The van der Waals surface area contributed by atoms with Gasteiger partial charge in [-0.05, 0) is 26.6 Å². The lowest BCUT2D eigenvalue weighted by Crippen LogP contribution is -2.45. The smallest absolute Gasteiger partial charge is 0.239 e. The number of hydrogen-bond acceptors (Lipinski definition) is 3. The lowest BCUT2D eigenvalue weighted by atomic mass is 10.2. The Hall–Kier alpha value is -1.39.